The molecule has 0 bridgehead atoms. The fraction of sp³-hybridized carbons (Fsp3) is 0.294. The zero-order chi connectivity index (χ0) is 18.6. The van der Waals surface area contributed by atoms with E-state index in [9.17, 15) is 23.1 Å². The van der Waals surface area contributed by atoms with Gasteiger partial charge >= 0.3 is 5.56 Å². The smallest absolute Gasteiger partial charge is 0.306 e. The van der Waals surface area contributed by atoms with E-state index in [0.717, 1.165) is 11.8 Å². The van der Waals surface area contributed by atoms with Crippen LogP contribution < -0.4 is 10.9 Å². The van der Waals surface area contributed by atoms with Crippen molar-refractivity contribution in [2.75, 3.05) is 6.54 Å². The van der Waals surface area contributed by atoms with Gasteiger partial charge in [0.25, 0.3) is 10.0 Å². The van der Waals surface area contributed by atoms with Crippen LogP contribution in [0.4, 0.5) is 0 Å². The second-order valence-corrected chi connectivity index (χ2v) is 7.55. The van der Waals surface area contributed by atoms with E-state index in [1.165, 1.54) is 25.1 Å². The number of hydrogen-bond acceptors (Lipinski definition) is 6. The molecule has 2 rings (SSSR count). The Morgan fingerprint density at radius 1 is 1.20 bits per heavy atom. The molecule has 0 unspecified atom stereocenters. The van der Waals surface area contributed by atoms with Crippen molar-refractivity contribution in [1.82, 2.24) is 9.29 Å². The number of rotatable bonds is 7. The minimum Gasteiger partial charge on any atom is -0.503 e. The van der Waals surface area contributed by atoms with Crippen LogP contribution in [0, 0.1) is 6.92 Å². The molecule has 0 aliphatic carbocycles. The van der Waals surface area contributed by atoms with Crippen LogP contribution in [0.1, 0.15) is 24.5 Å². The van der Waals surface area contributed by atoms with E-state index in [4.69, 9.17) is 0 Å². The Balaban J connectivity index is 2.29. The van der Waals surface area contributed by atoms with Crippen LogP contribution in [-0.4, -0.2) is 29.8 Å². The highest BCUT2D eigenvalue weighted by atomic mass is 32.2. The second kappa shape index (κ2) is 7.62. The quantitative estimate of drug-likeness (QED) is 0.715. The summed E-state index contributed by atoms with van der Waals surface area (Å²) in [5, 5.41) is 13.0. The van der Waals surface area contributed by atoms with Crippen LogP contribution in [0.5, 0.6) is 5.75 Å². The van der Waals surface area contributed by atoms with Crippen molar-refractivity contribution in [3.63, 3.8) is 0 Å². The number of carbonyl (C=O) groups is 1. The van der Waals surface area contributed by atoms with Crippen molar-refractivity contribution >= 4 is 15.8 Å². The Morgan fingerprint density at radius 3 is 2.44 bits per heavy atom. The van der Waals surface area contributed by atoms with E-state index in [1.807, 2.05) is 6.92 Å². The van der Waals surface area contributed by atoms with Crippen LogP contribution in [0.15, 0.2) is 46.2 Å². The Morgan fingerprint density at radius 2 is 1.84 bits per heavy atom. The van der Waals surface area contributed by atoms with Crippen LogP contribution >= 0.6 is 0 Å². The number of ketones is 1. The molecule has 25 heavy (non-hydrogen) atoms. The minimum atomic E-state index is -4.08. The molecule has 2 aromatic rings. The summed E-state index contributed by atoms with van der Waals surface area (Å²) in [6, 6.07) is 7.44. The molecule has 1 heterocycles. The summed E-state index contributed by atoms with van der Waals surface area (Å²) in [6.45, 7) is 3.85. The first kappa shape index (κ1) is 18.9. The van der Waals surface area contributed by atoms with Crippen molar-refractivity contribution in [2.24, 2.45) is 0 Å². The third-order valence-electron chi connectivity index (χ3n) is 3.67. The highest BCUT2D eigenvalue weighted by Crippen LogP contribution is 2.16. The summed E-state index contributed by atoms with van der Waals surface area (Å²) in [4.78, 5) is 23.1. The molecule has 1 aromatic heterocycles. The van der Waals surface area contributed by atoms with Gasteiger partial charge in [-0.1, -0.05) is 17.7 Å². The lowest BCUT2D eigenvalue weighted by Gasteiger charge is -2.11. The highest BCUT2D eigenvalue weighted by Gasteiger charge is 2.21. The van der Waals surface area contributed by atoms with Gasteiger partial charge in [0.15, 0.2) is 5.75 Å². The lowest BCUT2D eigenvalue weighted by Crippen LogP contribution is -2.28. The van der Waals surface area contributed by atoms with Gasteiger partial charge in [-0.05, 0) is 32.0 Å². The highest BCUT2D eigenvalue weighted by molar-refractivity contribution is 7.90. The lowest BCUT2D eigenvalue weighted by atomic mass is 10.2. The van der Waals surface area contributed by atoms with E-state index in [2.05, 4.69) is 5.32 Å². The van der Waals surface area contributed by atoms with Gasteiger partial charge in [-0.25, -0.2) is 12.4 Å². The van der Waals surface area contributed by atoms with Crippen molar-refractivity contribution in [3.05, 3.63) is 58.0 Å². The van der Waals surface area contributed by atoms with Gasteiger partial charge in [0.05, 0.1) is 4.90 Å². The normalized spacial score (nSPS) is 11.4. The summed E-state index contributed by atoms with van der Waals surface area (Å²) >= 11 is 0. The number of nitrogens with one attached hydrogen (secondary N) is 1. The zero-order valence-electron chi connectivity index (χ0n) is 14.0. The maximum absolute atomic E-state index is 12.6. The predicted octanol–water partition coefficient (Wildman–Crippen LogP) is 1.17. The second-order valence-electron chi connectivity index (χ2n) is 5.74. The van der Waals surface area contributed by atoms with E-state index < -0.39 is 21.3 Å². The molecular weight excluding hydrogens is 344 g/mol. The summed E-state index contributed by atoms with van der Waals surface area (Å²) in [5.41, 5.74) is 0.150. The average Bonchev–Trinajstić information content (AvgIpc) is 2.55. The van der Waals surface area contributed by atoms with Gasteiger partial charge in [0, 0.05) is 31.3 Å². The first-order valence-corrected chi connectivity index (χ1v) is 9.13. The molecule has 8 heteroatoms. The molecule has 0 aliphatic heterocycles. The number of aryl methyl sites for hydroxylation is 1. The average molecular weight is 364 g/mol. The molecule has 0 spiro atoms. The molecule has 0 amide bonds. The number of aromatic nitrogens is 1. The van der Waals surface area contributed by atoms with Gasteiger partial charge in [-0.2, -0.15) is 0 Å². The number of Topliss-reactive ketones (excluding diaryl/α,β-unsaturated/α-hetero) is 1. The van der Waals surface area contributed by atoms with E-state index in [1.54, 1.807) is 12.1 Å². The zero-order valence-corrected chi connectivity index (χ0v) is 14.8. The predicted molar refractivity (Wildman–Crippen MR) is 93.1 cm³/mol. The molecule has 0 radical (unpaired) electrons. The summed E-state index contributed by atoms with van der Waals surface area (Å²) in [6.07, 6.45) is 1.46. The summed E-state index contributed by atoms with van der Waals surface area (Å²) < 4.78 is 25.6. The third-order valence-corrected chi connectivity index (χ3v) is 5.34. The van der Waals surface area contributed by atoms with Crippen molar-refractivity contribution < 1.29 is 18.3 Å². The van der Waals surface area contributed by atoms with Crippen molar-refractivity contribution in [2.45, 2.75) is 31.7 Å². The summed E-state index contributed by atoms with van der Waals surface area (Å²) in [7, 11) is -4.08. The molecule has 0 atom stereocenters. The monoisotopic (exact) mass is 364 g/mol. The first-order chi connectivity index (χ1) is 11.7. The third kappa shape index (κ3) is 4.34. The van der Waals surface area contributed by atoms with E-state index >= 15 is 0 Å². The maximum Gasteiger partial charge on any atom is 0.306 e. The first-order valence-electron chi connectivity index (χ1n) is 7.69. The van der Waals surface area contributed by atoms with Crippen LogP contribution in [0.3, 0.4) is 0 Å². The van der Waals surface area contributed by atoms with Crippen LogP contribution in [0.25, 0.3) is 0 Å². The largest absolute Gasteiger partial charge is 0.503 e. The number of pyridine rings is 1. The lowest BCUT2D eigenvalue weighted by molar-refractivity contribution is -0.116. The van der Waals surface area contributed by atoms with Crippen molar-refractivity contribution in [1.29, 1.82) is 0 Å². The minimum absolute atomic E-state index is 0.0244. The van der Waals surface area contributed by atoms with E-state index in [-0.39, 0.29) is 22.8 Å². The van der Waals surface area contributed by atoms with Gasteiger partial charge in [-0.15, -0.1) is 0 Å². The molecule has 0 aliphatic rings. The van der Waals surface area contributed by atoms with E-state index in [0.29, 0.717) is 16.9 Å². The van der Waals surface area contributed by atoms with Crippen LogP contribution in [0.2, 0.25) is 0 Å². The van der Waals surface area contributed by atoms with Gasteiger partial charge in [0.1, 0.15) is 5.78 Å². The van der Waals surface area contributed by atoms with Crippen LogP contribution in [-0.2, 0) is 21.4 Å². The van der Waals surface area contributed by atoms with Gasteiger partial charge < -0.3 is 10.4 Å². The fourth-order valence-corrected chi connectivity index (χ4v) is 3.42. The number of carbonyl (C=O) groups excluding carboxylic acids is 1. The molecule has 0 fully saturated rings. The van der Waals surface area contributed by atoms with Crippen molar-refractivity contribution in [3.8, 4) is 5.75 Å². The van der Waals surface area contributed by atoms with Gasteiger partial charge in [0.2, 0.25) is 0 Å². The number of hydrogen-bond donors (Lipinski definition) is 2. The molecule has 134 valence electrons. The van der Waals surface area contributed by atoms with Gasteiger partial charge in [-0.3, -0.25) is 9.59 Å². The SMILES string of the molecule is CC(=O)CCNCc1ccn(S(=O)(=O)c2ccc(C)cc2)c(=O)c1O. The molecule has 7 nitrogen and oxygen atoms in total. The molecular formula is C17H20N2O5S. The Kier molecular flexibility index (Phi) is 5.76. The summed E-state index contributed by atoms with van der Waals surface area (Å²) in [5.74, 6) is -0.607. The molecule has 1 aromatic carbocycles. The molecule has 0 saturated carbocycles. The number of nitrogens with zero attached hydrogens (tertiary/aromatic N) is 1. The topological polar surface area (TPSA) is 105 Å². The Hall–Kier alpha value is -2.45. The maximum atomic E-state index is 12.6. The standard InChI is InChI=1S/C17H20N2O5S/c1-12-3-5-15(6-4-12)25(23,24)19-10-8-14(16(21)17(19)22)11-18-9-7-13(2)20/h3-6,8,10,18,21H,7,9,11H2,1-2H3. The number of benzene rings is 1. The molecule has 2 N–H and O–H groups in total. The Labute approximate surface area is 146 Å². The Bertz CT molecular complexity index is 931. The number of aromatic hydroxyl groups is 1. The fourth-order valence-electron chi connectivity index (χ4n) is 2.19. The molecule has 0 saturated heterocycles.